The lowest BCUT2D eigenvalue weighted by Crippen LogP contribution is -2.27. The van der Waals surface area contributed by atoms with Crippen LogP contribution in [0.1, 0.15) is 29.1 Å². The van der Waals surface area contributed by atoms with Gasteiger partial charge in [0.2, 0.25) is 0 Å². The molecule has 1 amide bonds. The number of aromatic amines is 1. The van der Waals surface area contributed by atoms with Gasteiger partial charge in [0.25, 0.3) is 5.91 Å². The standard InChI is InChI=1S/C16H15N3O/c1-11(13-7-4-5-9-17-13)18-16(20)15-10-12-6-2-3-8-14(12)19-15/h2-11,19H,1H3,(H,18,20)/t11-/m1/s1. The number of carbonyl (C=O) groups excluding carboxylic acids is 1. The zero-order valence-electron chi connectivity index (χ0n) is 11.1. The number of para-hydroxylation sites is 1. The summed E-state index contributed by atoms with van der Waals surface area (Å²) >= 11 is 0. The predicted octanol–water partition coefficient (Wildman–Crippen LogP) is 3.05. The minimum absolute atomic E-state index is 0.126. The molecule has 0 aliphatic rings. The van der Waals surface area contributed by atoms with Gasteiger partial charge in [-0.15, -0.1) is 0 Å². The van der Waals surface area contributed by atoms with E-state index in [9.17, 15) is 4.79 Å². The van der Waals surface area contributed by atoms with Crippen LogP contribution >= 0.6 is 0 Å². The number of hydrogen-bond donors (Lipinski definition) is 2. The molecule has 4 nitrogen and oxygen atoms in total. The summed E-state index contributed by atoms with van der Waals surface area (Å²) in [5.74, 6) is -0.126. The van der Waals surface area contributed by atoms with Crippen molar-refractivity contribution in [2.24, 2.45) is 0 Å². The Kier molecular flexibility index (Phi) is 3.21. The second kappa shape index (κ2) is 5.17. The molecule has 0 fully saturated rings. The molecule has 1 aromatic carbocycles. The van der Waals surface area contributed by atoms with E-state index in [0.29, 0.717) is 5.69 Å². The van der Waals surface area contributed by atoms with Gasteiger partial charge in [0.15, 0.2) is 0 Å². The number of H-pyrrole nitrogens is 1. The molecule has 0 bridgehead atoms. The molecule has 4 heteroatoms. The third-order valence-corrected chi connectivity index (χ3v) is 3.25. The van der Waals surface area contributed by atoms with Crippen LogP contribution in [0, 0.1) is 0 Å². The largest absolute Gasteiger partial charge is 0.351 e. The van der Waals surface area contributed by atoms with Crippen molar-refractivity contribution >= 4 is 16.8 Å². The minimum atomic E-state index is -0.130. The maximum Gasteiger partial charge on any atom is 0.268 e. The van der Waals surface area contributed by atoms with Crippen molar-refractivity contribution in [2.75, 3.05) is 0 Å². The predicted molar refractivity (Wildman–Crippen MR) is 78.4 cm³/mol. The van der Waals surface area contributed by atoms with Crippen LogP contribution in [0.4, 0.5) is 0 Å². The van der Waals surface area contributed by atoms with Gasteiger partial charge in [-0.25, -0.2) is 0 Å². The molecule has 0 saturated heterocycles. The quantitative estimate of drug-likeness (QED) is 0.764. The van der Waals surface area contributed by atoms with Gasteiger partial charge >= 0.3 is 0 Å². The number of aromatic nitrogens is 2. The molecule has 1 atom stereocenters. The van der Waals surface area contributed by atoms with Crippen LogP contribution in [0.25, 0.3) is 10.9 Å². The van der Waals surface area contributed by atoms with E-state index in [0.717, 1.165) is 16.6 Å². The van der Waals surface area contributed by atoms with Crippen molar-refractivity contribution in [3.8, 4) is 0 Å². The fourth-order valence-electron chi connectivity index (χ4n) is 2.18. The van der Waals surface area contributed by atoms with E-state index < -0.39 is 0 Å². The van der Waals surface area contributed by atoms with Crippen LogP contribution < -0.4 is 5.32 Å². The molecular formula is C16H15N3O. The van der Waals surface area contributed by atoms with Gasteiger partial charge in [-0.2, -0.15) is 0 Å². The SMILES string of the molecule is C[C@@H](NC(=O)c1cc2ccccc2[nH]1)c1ccccn1. The molecule has 20 heavy (non-hydrogen) atoms. The summed E-state index contributed by atoms with van der Waals surface area (Å²) in [4.78, 5) is 19.6. The molecular weight excluding hydrogens is 250 g/mol. The van der Waals surface area contributed by atoms with Crippen molar-refractivity contribution in [1.82, 2.24) is 15.3 Å². The number of fused-ring (bicyclic) bond motifs is 1. The summed E-state index contributed by atoms with van der Waals surface area (Å²) in [6.45, 7) is 1.92. The lowest BCUT2D eigenvalue weighted by molar-refractivity contribution is 0.0935. The minimum Gasteiger partial charge on any atom is -0.351 e. The highest BCUT2D eigenvalue weighted by molar-refractivity contribution is 5.98. The maximum atomic E-state index is 12.2. The zero-order chi connectivity index (χ0) is 13.9. The first-order valence-corrected chi connectivity index (χ1v) is 6.53. The van der Waals surface area contributed by atoms with Crippen molar-refractivity contribution < 1.29 is 4.79 Å². The Labute approximate surface area is 116 Å². The van der Waals surface area contributed by atoms with E-state index in [1.165, 1.54) is 0 Å². The van der Waals surface area contributed by atoms with E-state index in [1.54, 1.807) is 6.20 Å². The second-order valence-electron chi connectivity index (χ2n) is 4.72. The van der Waals surface area contributed by atoms with E-state index in [2.05, 4.69) is 15.3 Å². The van der Waals surface area contributed by atoms with Crippen molar-refractivity contribution in [3.63, 3.8) is 0 Å². The number of carbonyl (C=O) groups is 1. The first-order valence-electron chi connectivity index (χ1n) is 6.53. The topological polar surface area (TPSA) is 57.8 Å². The summed E-state index contributed by atoms with van der Waals surface area (Å²) in [5.41, 5.74) is 2.37. The first-order chi connectivity index (χ1) is 9.74. The lowest BCUT2D eigenvalue weighted by Gasteiger charge is -2.12. The summed E-state index contributed by atoms with van der Waals surface area (Å²) in [6.07, 6.45) is 1.72. The molecule has 3 aromatic rings. The molecule has 0 aliphatic carbocycles. The van der Waals surface area contributed by atoms with Gasteiger partial charge in [0.05, 0.1) is 11.7 Å². The Morgan fingerprint density at radius 1 is 1.20 bits per heavy atom. The normalized spacial score (nSPS) is 12.2. The van der Waals surface area contributed by atoms with Gasteiger partial charge in [-0.3, -0.25) is 9.78 Å². The number of hydrogen-bond acceptors (Lipinski definition) is 2. The molecule has 0 spiro atoms. The summed E-state index contributed by atoms with van der Waals surface area (Å²) in [6, 6.07) is 15.2. The molecule has 0 saturated carbocycles. The summed E-state index contributed by atoms with van der Waals surface area (Å²) in [7, 11) is 0. The van der Waals surface area contributed by atoms with Gasteiger partial charge < -0.3 is 10.3 Å². The van der Waals surface area contributed by atoms with Crippen LogP contribution in [0.3, 0.4) is 0 Å². The second-order valence-corrected chi connectivity index (χ2v) is 4.72. The summed E-state index contributed by atoms with van der Waals surface area (Å²) in [5, 5.41) is 3.97. The Bertz CT molecular complexity index is 701. The number of benzene rings is 1. The molecule has 0 aliphatic heterocycles. The van der Waals surface area contributed by atoms with Crippen molar-refractivity contribution in [2.45, 2.75) is 13.0 Å². The number of pyridine rings is 1. The molecule has 2 aromatic heterocycles. The number of amides is 1. The Morgan fingerprint density at radius 3 is 2.75 bits per heavy atom. The average Bonchev–Trinajstić information content (AvgIpc) is 2.92. The highest BCUT2D eigenvalue weighted by atomic mass is 16.1. The molecule has 0 radical (unpaired) electrons. The summed E-state index contributed by atoms with van der Waals surface area (Å²) < 4.78 is 0. The maximum absolute atomic E-state index is 12.2. The Hall–Kier alpha value is -2.62. The zero-order valence-corrected chi connectivity index (χ0v) is 11.1. The van der Waals surface area contributed by atoms with Gasteiger partial charge in [0.1, 0.15) is 5.69 Å². The molecule has 2 heterocycles. The fourth-order valence-corrected chi connectivity index (χ4v) is 2.18. The van der Waals surface area contributed by atoms with Crippen LogP contribution in [-0.2, 0) is 0 Å². The Morgan fingerprint density at radius 2 is 2.00 bits per heavy atom. The van der Waals surface area contributed by atoms with Crippen molar-refractivity contribution in [1.29, 1.82) is 0 Å². The van der Waals surface area contributed by atoms with Gasteiger partial charge in [-0.05, 0) is 31.2 Å². The third kappa shape index (κ3) is 2.40. The number of nitrogens with one attached hydrogen (secondary N) is 2. The molecule has 2 N–H and O–H groups in total. The fraction of sp³-hybridized carbons (Fsp3) is 0.125. The molecule has 100 valence electrons. The van der Waals surface area contributed by atoms with Crippen LogP contribution in [0.2, 0.25) is 0 Å². The highest BCUT2D eigenvalue weighted by Gasteiger charge is 2.13. The van der Waals surface area contributed by atoms with E-state index >= 15 is 0 Å². The van der Waals surface area contributed by atoms with Gasteiger partial charge in [0, 0.05) is 17.1 Å². The molecule has 0 unspecified atom stereocenters. The Balaban J connectivity index is 1.79. The average molecular weight is 265 g/mol. The number of rotatable bonds is 3. The smallest absolute Gasteiger partial charge is 0.268 e. The molecule has 3 rings (SSSR count). The van der Waals surface area contributed by atoms with Crippen molar-refractivity contribution in [3.05, 3.63) is 66.1 Å². The van der Waals surface area contributed by atoms with Crippen LogP contribution in [0.5, 0.6) is 0 Å². The first kappa shape index (κ1) is 12.4. The number of nitrogens with zero attached hydrogens (tertiary/aromatic N) is 1. The van der Waals surface area contributed by atoms with E-state index in [4.69, 9.17) is 0 Å². The lowest BCUT2D eigenvalue weighted by atomic mass is 10.2. The van der Waals surface area contributed by atoms with Crippen LogP contribution in [-0.4, -0.2) is 15.9 Å². The van der Waals surface area contributed by atoms with E-state index in [-0.39, 0.29) is 11.9 Å². The monoisotopic (exact) mass is 265 g/mol. The van der Waals surface area contributed by atoms with E-state index in [1.807, 2.05) is 55.5 Å². The third-order valence-electron chi connectivity index (χ3n) is 3.25. The van der Waals surface area contributed by atoms with Gasteiger partial charge in [-0.1, -0.05) is 24.3 Å². The highest BCUT2D eigenvalue weighted by Crippen LogP contribution is 2.15. The van der Waals surface area contributed by atoms with Crippen LogP contribution in [0.15, 0.2) is 54.7 Å².